The average Bonchev–Trinajstić information content (AvgIpc) is 3.36. The lowest BCUT2D eigenvalue weighted by Crippen LogP contribution is -2.49. The van der Waals surface area contributed by atoms with Gasteiger partial charge >= 0.3 is 0 Å². The summed E-state index contributed by atoms with van der Waals surface area (Å²) < 4.78 is 5.63. The van der Waals surface area contributed by atoms with Crippen LogP contribution < -0.4 is 10.2 Å². The van der Waals surface area contributed by atoms with Gasteiger partial charge < -0.3 is 19.9 Å². The lowest BCUT2D eigenvalue weighted by molar-refractivity contribution is -0.121. The van der Waals surface area contributed by atoms with Crippen LogP contribution in [0.4, 0.5) is 5.69 Å². The predicted octanol–water partition coefficient (Wildman–Crippen LogP) is 2.29. The summed E-state index contributed by atoms with van der Waals surface area (Å²) in [6.45, 7) is 5.32. The SMILES string of the molecule is CO[C@@H]1C[C@H]2CN(C(=O)c3ccc(N4CCCC4)cc3)C[C@H]2C[C@H]1NC(C)=O. The molecule has 2 saturated heterocycles. The van der Waals surface area contributed by atoms with Gasteiger partial charge in [-0.3, -0.25) is 9.59 Å². The van der Waals surface area contributed by atoms with Crippen LogP contribution in [0.15, 0.2) is 24.3 Å². The molecule has 6 nitrogen and oxygen atoms in total. The first-order valence-corrected chi connectivity index (χ1v) is 10.5. The highest BCUT2D eigenvalue weighted by Gasteiger charge is 2.44. The van der Waals surface area contributed by atoms with Gasteiger partial charge in [0, 0.05) is 51.5 Å². The fourth-order valence-corrected chi connectivity index (χ4v) is 5.23. The zero-order valence-electron chi connectivity index (χ0n) is 16.9. The van der Waals surface area contributed by atoms with E-state index in [1.807, 2.05) is 17.0 Å². The Morgan fingerprint density at radius 1 is 1.04 bits per heavy atom. The van der Waals surface area contributed by atoms with Crippen molar-refractivity contribution in [2.45, 2.75) is 44.8 Å². The van der Waals surface area contributed by atoms with Crippen molar-refractivity contribution in [2.75, 3.05) is 38.2 Å². The number of rotatable bonds is 4. The predicted molar refractivity (Wildman–Crippen MR) is 108 cm³/mol. The van der Waals surface area contributed by atoms with E-state index >= 15 is 0 Å². The molecule has 0 bridgehead atoms. The zero-order chi connectivity index (χ0) is 19.7. The standard InChI is InChI=1S/C22H31N3O3/c1-15(26)23-20-11-17-13-25(14-18(17)12-21(20)28-2)22(27)16-5-7-19(8-6-16)24-9-3-4-10-24/h5-8,17-18,20-21H,3-4,9-14H2,1-2H3,(H,23,26)/t17-,18+,20-,21-/m1/s1. The third-order valence-electron chi connectivity index (χ3n) is 6.68. The average molecular weight is 386 g/mol. The molecule has 1 aromatic carbocycles. The zero-order valence-corrected chi connectivity index (χ0v) is 16.9. The summed E-state index contributed by atoms with van der Waals surface area (Å²) in [6, 6.07) is 8.13. The number of ether oxygens (including phenoxy) is 1. The lowest BCUT2D eigenvalue weighted by Gasteiger charge is -2.37. The van der Waals surface area contributed by atoms with Crippen molar-refractivity contribution in [1.82, 2.24) is 10.2 Å². The van der Waals surface area contributed by atoms with Crippen molar-refractivity contribution in [1.29, 1.82) is 0 Å². The number of benzene rings is 1. The highest BCUT2D eigenvalue weighted by atomic mass is 16.5. The van der Waals surface area contributed by atoms with Gasteiger partial charge in [-0.1, -0.05) is 0 Å². The number of methoxy groups -OCH3 is 1. The van der Waals surface area contributed by atoms with Crippen LogP contribution >= 0.6 is 0 Å². The molecule has 4 atom stereocenters. The molecule has 3 aliphatic rings. The van der Waals surface area contributed by atoms with Crippen molar-refractivity contribution < 1.29 is 14.3 Å². The van der Waals surface area contributed by atoms with E-state index in [2.05, 4.69) is 22.3 Å². The molecule has 0 radical (unpaired) electrons. The number of nitrogens with one attached hydrogen (secondary N) is 1. The first-order valence-electron chi connectivity index (χ1n) is 10.5. The Kier molecular flexibility index (Phi) is 5.58. The molecule has 6 heteroatoms. The number of hydrogen-bond donors (Lipinski definition) is 1. The Morgan fingerprint density at radius 2 is 1.68 bits per heavy atom. The van der Waals surface area contributed by atoms with Crippen LogP contribution in [0.1, 0.15) is 43.0 Å². The minimum Gasteiger partial charge on any atom is -0.379 e. The second-order valence-corrected chi connectivity index (χ2v) is 8.52. The molecular weight excluding hydrogens is 354 g/mol. The van der Waals surface area contributed by atoms with Gasteiger partial charge in [-0.15, -0.1) is 0 Å². The van der Waals surface area contributed by atoms with E-state index in [4.69, 9.17) is 4.74 Å². The number of anilines is 1. The highest BCUT2D eigenvalue weighted by Crippen LogP contribution is 2.38. The monoisotopic (exact) mass is 385 g/mol. The normalized spacial score (nSPS) is 29.6. The maximum atomic E-state index is 13.0. The Morgan fingerprint density at radius 3 is 2.29 bits per heavy atom. The summed E-state index contributed by atoms with van der Waals surface area (Å²) in [7, 11) is 1.71. The van der Waals surface area contributed by atoms with E-state index < -0.39 is 0 Å². The Bertz CT molecular complexity index is 714. The third-order valence-corrected chi connectivity index (χ3v) is 6.68. The number of fused-ring (bicyclic) bond motifs is 1. The maximum Gasteiger partial charge on any atom is 0.253 e. The van der Waals surface area contributed by atoms with Crippen molar-refractivity contribution in [3.8, 4) is 0 Å². The van der Waals surface area contributed by atoms with Gasteiger partial charge in [0.05, 0.1) is 12.1 Å². The molecule has 4 rings (SSSR count). The van der Waals surface area contributed by atoms with Gasteiger partial charge in [-0.25, -0.2) is 0 Å². The van der Waals surface area contributed by atoms with Crippen LogP contribution in [-0.4, -0.2) is 62.1 Å². The number of carbonyl (C=O) groups is 2. The van der Waals surface area contributed by atoms with Crippen LogP contribution in [0, 0.1) is 11.8 Å². The summed E-state index contributed by atoms with van der Waals surface area (Å²) in [5.41, 5.74) is 1.98. The third kappa shape index (κ3) is 3.88. The minimum atomic E-state index is -0.0190. The second-order valence-electron chi connectivity index (χ2n) is 8.52. The summed E-state index contributed by atoms with van der Waals surface area (Å²) in [5, 5.41) is 3.03. The molecule has 2 heterocycles. The number of carbonyl (C=O) groups excluding carboxylic acids is 2. The molecule has 1 aliphatic carbocycles. The molecule has 152 valence electrons. The summed E-state index contributed by atoms with van der Waals surface area (Å²) in [5.74, 6) is 0.973. The van der Waals surface area contributed by atoms with E-state index in [9.17, 15) is 9.59 Å². The fraction of sp³-hybridized carbons (Fsp3) is 0.636. The first-order chi connectivity index (χ1) is 13.5. The minimum absolute atomic E-state index is 0.0190. The van der Waals surface area contributed by atoms with Crippen LogP contribution in [-0.2, 0) is 9.53 Å². The molecule has 1 aromatic rings. The van der Waals surface area contributed by atoms with E-state index in [1.165, 1.54) is 18.5 Å². The fourth-order valence-electron chi connectivity index (χ4n) is 5.23. The summed E-state index contributed by atoms with van der Waals surface area (Å²) in [4.78, 5) is 28.9. The van der Waals surface area contributed by atoms with Gasteiger partial charge in [-0.05, 0) is 61.8 Å². The van der Waals surface area contributed by atoms with Crippen molar-refractivity contribution in [3.05, 3.63) is 29.8 Å². The quantitative estimate of drug-likeness (QED) is 0.864. The molecule has 0 spiro atoms. The largest absolute Gasteiger partial charge is 0.379 e. The molecule has 1 saturated carbocycles. The Labute approximate surface area is 167 Å². The second kappa shape index (κ2) is 8.11. The van der Waals surface area contributed by atoms with E-state index in [1.54, 1.807) is 14.0 Å². The summed E-state index contributed by atoms with van der Waals surface area (Å²) >= 11 is 0. The molecule has 2 amide bonds. The van der Waals surface area contributed by atoms with Gasteiger partial charge in [0.15, 0.2) is 0 Å². The van der Waals surface area contributed by atoms with Crippen molar-refractivity contribution in [2.24, 2.45) is 11.8 Å². The van der Waals surface area contributed by atoms with Crippen molar-refractivity contribution in [3.63, 3.8) is 0 Å². The molecule has 2 aliphatic heterocycles. The molecule has 1 N–H and O–H groups in total. The Hall–Kier alpha value is -2.08. The van der Waals surface area contributed by atoms with Gasteiger partial charge in [0.25, 0.3) is 5.91 Å². The maximum absolute atomic E-state index is 13.0. The van der Waals surface area contributed by atoms with Crippen LogP contribution in [0.25, 0.3) is 0 Å². The number of likely N-dealkylation sites (tertiary alicyclic amines) is 1. The van der Waals surface area contributed by atoms with E-state index in [0.29, 0.717) is 11.8 Å². The number of hydrogen-bond acceptors (Lipinski definition) is 4. The van der Waals surface area contributed by atoms with Gasteiger partial charge in [-0.2, -0.15) is 0 Å². The van der Waals surface area contributed by atoms with E-state index in [0.717, 1.165) is 44.6 Å². The molecule has 0 aromatic heterocycles. The smallest absolute Gasteiger partial charge is 0.253 e. The molecular formula is C22H31N3O3. The summed E-state index contributed by atoms with van der Waals surface area (Å²) in [6.07, 6.45) is 4.29. The van der Waals surface area contributed by atoms with Gasteiger partial charge in [0.1, 0.15) is 0 Å². The molecule has 0 unspecified atom stereocenters. The molecule has 28 heavy (non-hydrogen) atoms. The van der Waals surface area contributed by atoms with Crippen molar-refractivity contribution >= 4 is 17.5 Å². The lowest BCUT2D eigenvalue weighted by atomic mass is 9.77. The number of amides is 2. The Balaban J connectivity index is 1.40. The first kappa shape index (κ1) is 19.2. The van der Waals surface area contributed by atoms with Crippen LogP contribution in [0.5, 0.6) is 0 Å². The number of nitrogens with zero attached hydrogens (tertiary/aromatic N) is 2. The topological polar surface area (TPSA) is 61.9 Å². The highest BCUT2D eigenvalue weighted by molar-refractivity contribution is 5.94. The van der Waals surface area contributed by atoms with Crippen LogP contribution in [0.2, 0.25) is 0 Å². The molecule has 3 fully saturated rings. The van der Waals surface area contributed by atoms with Gasteiger partial charge in [0.2, 0.25) is 5.91 Å². The van der Waals surface area contributed by atoms with E-state index in [-0.39, 0.29) is 24.0 Å². The van der Waals surface area contributed by atoms with Crippen LogP contribution in [0.3, 0.4) is 0 Å².